The van der Waals surface area contributed by atoms with Crippen molar-refractivity contribution in [3.63, 3.8) is 0 Å². The van der Waals surface area contributed by atoms with Crippen LogP contribution in [0.25, 0.3) is 0 Å². The van der Waals surface area contributed by atoms with Crippen molar-refractivity contribution in [2.45, 2.75) is 46.1 Å². The van der Waals surface area contributed by atoms with Crippen LogP contribution in [0, 0.1) is 5.92 Å². The first-order chi connectivity index (χ1) is 7.15. The second-order valence-electron chi connectivity index (χ2n) is 4.69. The van der Waals surface area contributed by atoms with Gasteiger partial charge in [-0.05, 0) is 39.2 Å². The number of hydrogen-bond donors (Lipinski definition) is 1. The highest BCUT2D eigenvalue weighted by Crippen LogP contribution is 2.30. The Morgan fingerprint density at radius 2 is 2.13 bits per heavy atom. The molecule has 0 radical (unpaired) electrons. The van der Waals surface area contributed by atoms with Gasteiger partial charge in [-0.3, -0.25) is 4.79 Å². The summed E-state index contributed by atoms with van der Waals surface area (Å²) >= 11 is 0. The molecule has 0 unspecified atom stereocenters. The molecule has 0 bridgehead atoms. The van der Waals surface area contributed by atoms with Crippen LogP contribution in [0.2, 0.25) is 0 Å². The topological polar surface area (TPSA) is 32.3 Å². The summed E-state index contributed by atoms with van der Waals surface area (Å²) < 4.78 is 0. The molecule has 0 aliphatic heterocycles. The van der Waals surface area contributed by atoms with Crippen LogP contribution in [0.3, 0.4) is 0 Å². The van der Waals surface area contributed by atoms with E-state index in [9.17, 15) is 4.79 Å². The van der Waals surface area contributed by atoms with E-state index >= 15 is 0 Å². The summed E-state index contributed by atoms with van der Waals surface area (Å²) in [5.41, 5.74) is 0. The second kappa shape index (κ2) is 6.11. The predicted octanol–water partition coefficient (Wildman–Crippen LogP) is 1.63. The maximum absolute atomic E-state index is 11.9. The average Bonchev–Trinajstić information content (AvgIpc) is 2.97. The molecule has 3 nitrogen and oxygen atoms in total. The molecule has 0 aromatic rings. The first-order valence-corrected chi connectivity index (χ1v) is 6.15. The smallest absolute Gasteiger partial charge is 0.224 e. The van der Waals surface area contributed by atoms with Gasteiger partial charge in [-0.25, -0.2) is 0 Å². The summed E-state index contributed by atoms with van der Waals surface area (Å²) in [6.45, 7) is 9.00. The van der Waals surface area contributed by atoms with Crippen molar-refractivity contribution in [1.82, 2.24) is 10.2 Å². The Bertz CT molecular complexity index is 200. The quantitative estimate of drug-likeness (QED) is 0.651. The van der Waals surface area contributed by atoms with E-state index in [1.54, 1.807) is 0 Å². The van der Waals surface area contributed by atoms with Gasteiger partial charge >= 0.3 is 0 Å². The van der Waals surface area contributed by atoms with Crippen molar-refractivity contribution >= 4 is 5.91 Å². The number of nitrogens with zero attached hydrogens (tertiary/aromatic N) is 1. The minimum atomic E-state index is 0.304. The third-order valence-electron chi connectivity index (χ3n) is 2.86. The van der Waals surface area contributed by atoms with Gasteiger partial charge in [0.05, 0.1) is 0 Å². The van der Waals surface area contributed by atoms with Gasteiger partial charge < -0.3 is 10.2 Å². The number of amides is 1. The fourth-order valence-corrected chi connectivity index (χ4v) is 1.69. The Balaban J connectivity index is 2.29. The molecule has 3 heteroatoms. The monoisotopic (exact) mass is 212 g/mol. The summed E-state index contributed by atoms with van der Waals surface area (Å²) in [4.78, 5) is 13.9. The SMILES string of the molecule is CCNCCC(=O)N(CC1CC1)C(C)C. The van der Waals surface area contributed by atoms with Gasteiger partial charge in [-0.15, -0.1) is 0 Å². The second-order valence-corrected chi connectivity index (χ2v) is 4.69. The third kappa shape index (κ3) is 4.65. The van der Waals surface area contributed by atoms with Gasteiger partial charge in [0.2, 0.25) is 5.91 Å². The predicted molar refractivity (Wildman–Crippen MR) is 62.7 cm³/mol. The fourth-order valence-electron chi connectivity index (χ4n) is 1.69. The van der Waals surface area contributed by atoms with Crippen molar-refractivity contribution in [2.24, 2.45) is 5.92 Å². The summed E-state index contributed by atoms with van der Waals surface area (Å²) in [5, 5.41) is 3.19. The molecule has 0 atom stereocenters. The molecule has 1 aliphatic carbocycles. The summed E-state index contributed by atoms with van der Waals surface area (Å²) in [7, 11) is 0. The molecule has 0 aromatic heterocycles. The van der Waals surface area contributed by atoms with Gasteiger partial charge in [0.25, 0.3) is 0 Å². The minimum Gasteiger partial charge on any atom is -0.340 e. The van der Waals surface area contributed by atoms with Crippen LogP contribution in [0.4, 0.5) is 0 Å². The first kappa shape index (κ1) is 12.5. The molecule has 1 N–H and O–H groups in total. The van der Waals surface area contributed by atoms with Crippen LogP contribution in [0.1, 0.15) is 40.0 Å². The lowest BCUT2D eigenvalue weighted by atomic mass is 10.2. The molecule has 88 valence electrons. The maximum atomic E-state index is 11.9. The van der Waals surface area contributed by atoms with E-state index in [2.05, 4.69) is 26.1 Å². The van der Waals surface area contributed by atoms with E-state index in [0.717, 1.165) is 25.6 Å². The normalized spacial score (nSPS) is 15.7. The van der Waals surface area contributed by atoms with Gasteiger partial charge in [0.15, 0.2) is 0 Å². The molecular formula is C12H24N2O. The summed E-state index contributed by atoms with van der Waals surface area (Å²) in [5.74, 6) is 1.09. The number of carbonyl (C=O) groups excluding carboxylic acids is 1. The van der Waals surface area contributed by atoms with Crippen molar-refractivity contribution < 1.29 is 4.79 Å². The number of hydrogen-bond acceptors (Lipinski definition) is 2. The summed E-state index contributed by atoms with van der Waals surface area (Å²) in [6, 6.07) is 0.347. The molecule has 0 heterocycles. The van der Waals surface area contributed by atoms with Crippen molar-refractivity contribution in [1.29, 1.82) is 0 Å². The molecule has 0 saturated heterocycles. The van der Waals surface area contributed by atoms with Gasteiger partial charge in [0, 0.05) is 25.6 Å². The van der Waals surface area contributed by atoms with Crippen LogP contribution >= 0.6 is 0 Å². The van der Waals surface area contributed by atoms with Crippen molar-refractivity contribution in [3.8, 4) is 0 Å². The van der Waals surface area contributed by atoms with E-state index in [4.69, 9.17) is 0 Å². The van der Waals surface area contributed by atoms with Crippen LogP contribution in [-0.2, 0) is 4.79 Å². The molecule has 15 heavy (non-hydrogen) atoms. The highest BCUT2D eigenvalue weighted by molar-refractivity contribution is 5.76. The Labute approximate surface area is 93.2 Å². The Morgan fingerprint density at radius 3 is 2.60 bits per heavy atom. The Kier molecular flexibility index (Phi) is 5.09. The van der Waals surface area contributed by atoms with E-state index in [1.807, 2.05) is 4.90 Å². The Hall–Kier alpha value is -0.570. The lowest BCUT2D eigenvalue weighted by Gasteiger charge is -2.27. The standard InChI is InChI=1S/C12H24N2O/c1-4-13-8-7-12(15)14(10(2)3)9-11-5-6-11/h10-11,13H,4-9H2,1-3H3. The van der Waals surface area contributed by atoms with Crippen LogP contribution < -0.4 is 5.32 Å². The van der Waals surface area contributed by atoms with E-state index in [1.165, 1.54) is 12.8 Å². The van der Waals surface area contributed by atoms with Crippen molar-refractivity contribution in [2.75, 3.05) is 19.6 Å². The number of carbonyl (C=O) groups is 1. The van der Waals surface area contributed by atoms with Crippen molar-refractivity contribution in [3.05, 3.63) is 0 Å². The average molecular weight is 212 g/mol. The van der Waals surface area contributed by atoms with Crippen LogP contribution in [0.5, 0.6) is 0 Å². The molecule has 1 aliphatic rings. The first-order valence-electron chi connectivity index (χ1n) is 6.15. The molecule has 1 saturated carbocycles. The maximum Gasteiger partial charge on any atom is 0.224 e. The summed E-state index contributed by atoms with van der Waals surface area (Å²) in [6.07, 6.45) is 3.26. The third-order valence-corrected chi connectivity index (χ3v) is 2.86. The molecule has 0 aromatic carbocycles. The largest absolute Gasteiger partial charge is 0.340 e. The lowest BCUT2D eigenvalue weighted by Crippen LogP contribution is -2.39. The zero-order valence-electron chi connectivity index (χ0n) is 10.3. The Morgan fingerprint density at radius 1 is 1.47 bits per heavy atom. The minimum absolute atomic E-state index is 0.304. The zero-order valence-corrected chi connectivity index (χ0v) is 10.3. The molecule has 1 amide bonds. The van der Waals surface area contributed by atoms with E-state index in [0.29, 0.717) is 18.4 Å². The van der Waals surface area contributed by atoms with Gasteiger partial charge in [-0.2, -0.15) is 0 Å². The highest BCUT2D eigenvalue weighted by Gasteiger charge is 2.27. The molecule has 1 fully saturated rings. The van der Waals surface area contributed by atoms with E-state index < -0.39 is 0 Å². The van der Waals surface area contributed by atoms with E-state index in [-0.39, 0.29) is 0 Å². The molecule has 0 spiro atoms. The van der Waals surface area contributed by atoms with Crippen LogP contribution in [0.15, 0.2) is 0 Å². The molecule has 1 rings (SSSR count). The fraction of sp³-hybridized carbons (Fsp3) is 0.917. The number of rotatable bonds is 7. The van der Waals surface area contributed by atoms with Gasteiger partial charge in [-0.1, -0.05) is 6.92 Å². The van der Waals surface area contributed by atoms with Crippen LogP contribution in [-0.4, -0.2) is 36.5 Å². The lowest BCUT2D eigenvalue weighted by molar-refractivity contribution is -0.133. The molecular weight excluding hydrogens is 188 g/mol. The number of nitrogens with one attached hydrogen (secondary N) is 1. The highest BCUT2D eigenvalue weighted by atomic mass is 16.2. The van der Waals surface area contributed by atoms with Gasteiger partial charge in [0.1, 0.15) is 0 Å². The zero-order chi connectivity index (χ0) is 11.3.